The molecule has 0 bridgehead atoms. The standard InChI is InChI=1S/C18H18/c1-2-3-8-15-13-18(14-9-5-4-6-10-14)17-12-7-11-16(15)17/h2,4-7,9-12,18H,1,3,8,13H2. The molecular weight excluding hydrogens is 216 g/mol. The maximum absolute atomic E-state index is 3.83. The van der Waals surface area contributed by atoms with Gasteiger partial charge in [0.15, 0.2) is 0 Å². The van der Waals surface area contributed by atoms with Gasteiger partial charge in [0.25, 0.3) is 0 Å². The molecular formula is C18H18. The van der Waals surface area contributed by atoms with Gasteiger partial charge in [-0.1, -0.05) is 60.2 Å². The summed E-state index contributed by atoms with van der Waals surface area (Å²) in [4.78, 5) is 0. The van der Waals surface area contributed by atoms with Crippen LogP contribution in [0.2, 0.25) is 0 Å². The van der Waals surface area contributed by atoms with Crippen LogP contribution < -0.4 is 0 Å². The Balaban J connectivity index is 1.89. The van der Waals surface area contributed by atoms with Crippen LogP contribution in [0.1, 0.15) is 30.7 Å². The summed E-state index contributed by atoms with van der Waals surface area (Å²) >= 11 is 0. The molecule has 0 radical (unpaired) electrons. The number of hydrogen-bond donors (Lipinski definition) is 0. The van der Waals surface area contributed by atoms with Crippen molar-refractivity contribution in [3.8, 4) is 0 Å². The minimum absolute atomic E-state index is 0.566. The van der Waals surface area contributed by atoms with Crippen molar-refractivity contribution in [2.75, 3.05) is 0 Å². The first-order valence-corrected chi connectivity index (χ1v) is 6.66. The first-order valence-electron chi connectivity index (χ1n) is 6.66. The van der Waals surface area contributed by atoms with Gasteiger partial charge in [-0.15, -0.1) is 6.58 Å². The van der Waals surface area contributed by atoms with Crippen LogP contribution in [0.5, 0.6) is 0 Å². The summed E-state index contributed by atoms with van der Waals surface area (Å²) in [6.45, 7) is 3.83. The van der Waals surface area contributed by atoms with Gasteiger partial charge in [-0.3, -0.25) is 0 Å². The van der Waals surface area contributed by atoms with E-state index in [0.717, 1.165) is 12.8 Å². The molecule has 0 aromatic heterocycles. The van der Waals surface area contributed by atoms with Gasteiger partial charge in [-0.2, -0.15) is 0 Å². The summed E-state index contributed by atoms with van der Waals surface area (Å²) in [5.74, 6) is 0.566. The highest BCUT2D eigenvalue weighted by atomic mass is 14.3. The van der Waals surface area contributed by atoms with Gasteiger partial charge in [-0.05, 0) is 36.0 Å². The topological polar surface area (TPSA) is 0 Å². The summed E-state index contributed by atoms with van der Waals surface area (Å²) in [7, 11) is 0. The van der Waals surface area contributed by atoms with Crippen LogP contribution in [0.3, 0.4) is 0 Å². The summed E-state index contributed by atoms with van der Waals surface area (Å²) < 4.78 is 0. The second-order valence-electron chi connectivity index (χ2n) is 4.99. The first-order chi connectivity index (χ1) is 8.90. The van der Waals surface area contributed by atoms with Crippen molar-refractivity contribution in [1.29, 1.82) is 0 Å². The zero-order valence-electron chi connectivity index (χ0n) is 10.6. The Morgan fingerprint density at radius 3 is 2.83 bits per heavy atom. The monoisotopic (exact) mass is 234 g/mol. The van der Waals surface area contributed by atoms with Gasteiger partial charge in [0, 0.05) is 5.92 Å². The van der Waals surface area contributed by atoms with Crippen LogP contribution in [0, 0.1) is 0 Å². The van der Waals surface area contributed by atoms with E-state index in [2.05, 4.69) is 55.1 Å². The van der Waals surface area contributed by atoms with Crippen molar-refractivity contribution in [2.24, 2.45) is 0 Å². The van der Waals surface area contributed by atoms with Crippen molar-refractivity contribution < 1.29 is 0 Å². The maximum atomic E-state index is 3.83. The van der Waals surface area contributed by atoms with E-state index < -0.39 is 0 Å². The van der Waals surface area contributed by atoms with Gasteiger partial charge in [0.1, 0.15) is 0 Å². The molecule has 2 aliphatic carbocycles. The van der Waals surface area contributed by atoms with E-state index in [9.17, 15) is 0 Å². The summed E-state index contributed by atoms with van der Waals surface area (Å²) in [5, 5.41) is 0. The minimum atomic E-state index is 0.566. The Hall–Kier alpha value is -1.82. The molecule has 90 valence electrons. The normalized spacial score (nSPS) is 21.1. The Bertz CT molecular complexity index is 541. The minimum Gasteiger partial charge on any atom is -0.103 e. The Morgan fingerprint density at radius 1 is 1.22 bits per heavy atom. The van der Waals surface area contributed by atoms with E-state index in [4.69, 9.17) is 0 Å². The van der Waals surface area contributed by atoms with E-state index in [1.807, 2.05) is 6.08 Å². The molecule has 0 heteroatoms. The molecule has 0 N–H and O–H groups in total. The SMILES string of the molecule is C=CCCC1=C2C=CC=C2C(c2ccccc2)C1. The molecule has 0 aliphatic heterocycles. The van der Waals surface area contributed by atoms with Gasteiger partial charge in [0.2, 0.25) is 0 Å². The molecule has 3 rings (SSSR count). The third-order valence-corrected chi connectivity index (χ3v) is 3.91. The average molecular weight is 234 g/mol. The highest BCUT2D eigenvalue weighted by Crippen LogP contribution is 2.47. The Kier molecular flexibility index (Phi) is 3.02. The molecule has 0 saturated heterocycles. The highest BCUT2D eigenvalue weighted by molar-refractivity contribution is 5.60. The van der Waals surface area contributed by atoms with Gasteiger partial charge < -0.3 is 0 Å². The van der Waals surface area contributed by atoms with Crippen molar-refractivity contribution in [3.63, 3.8) is 0 Å². The Morgan fingerprint density at radius 2 is 2.06 bits per heavy atom. The van der Waals surface area contributed by atoms with Crippen LogP contribution in [-0.4, -0.2) is 0 Å². The van der Waals surface area contributed by atoms with Crippen molar-refractivity contribution >= 4 is 0 Å². The lowest BCUT2D eigenvalue weighted by Crippen LogP contribution is -1.96. The van der Waals surface area contributed by atoms with Crippen LogP contribution in [0.4, 0.5) is 0 Å². The summed E-state index contributed by atoms with van der Waals surface area (Å²) in [6.07, 6.45) is 12.2. The van der Waals surface area contributed by atoms with Crippen LogP contribution in [0.25, 0.3) is 0 Å². The largest absolute Gasteiger partial charge is 0.103 e. The van der Waals surface area contributed by atoms with Crippen molar-refractivity contribution in [3.05, 3.63) is 83.5 Å². The third kappa shape index (κ3) is 1.88. The predicted octanol–water partition coefficient (Wildman–Crippen LogP) is 4.93. The zero-order chi connectivity index (χ0) is 12.4. The van der Waals surface area contributed by atoms with Crippen molar-refractivity contribution in [1.82, 2.24) is 0 Å². The molecule has 1 unspecified atom stereocenters. The lowest BCUT2D eigenvalue weighted by atomic mass is 9.91. The third-order valence-electron chi connectivity index (χ3n) is 3.91. The van der Waals surface area contributed by atoms with Crippen LogP contribution >= 0.6 is 0 Å². The molecule has 18 heavy (non-hydrogen) atoms. The van der Waals surface area contributed by atoms with Gasteiger partial charge in [-0.25, -0.2) is 0 Å². The number of rotatable bonds is 4. The maximum Gasteiger partial charge on any atom is 0.0133 e. The fraction of sp³-hybridized carbons (Fsp3) is 0.222. The summed E-state index contributed by atoms with van der Waals surface area (Å²) in [5.41, 5.74) is 6.05. The number of fused-ring (bicyclic) bond motifs is 1. The molecule has 2 aliphatic rings. The fourth-order valence-corrected chi connectivity index (χ4v) is 3.02. The second kappa shape index (κ2) is 4.81. The lowest BCUT2D eigenvalue weighted by molar-refractivity contribution is 0.799. The van der Waals surface area contributed by atoms with E-state index in [0.29, 0.717) is 5.92 Å². The Labute approximate surface area is 109 Å². The molecule has 0 saturated carbocycles. The van der Waals surface area contributed by atoms with Gasteiger partial charge >= 0.3 is 0 Å². The highest BCUT2D eigenvalue weighted by Gasteiger charge is 2.29. The average Bonchev–Trinajstić information content (AvgIpc) is 3.00. The van der Waals surface area contributed by atoms with E-state index in [-0.39, 0.29) is 0 Å². The molecule has 0 amide bonds. The number of allylic oxidation sites excluding steroid dienone is 7. The molecule has 0 fully saturated rings. The van der Waals surface area contributed by atoms with E-state index in [1.165, 1.54) is 23.1 Å². The first kappa shape index (κ1) is 11.3. The lowest BCUT2D eigenvalue weighted by Gasteiger charge is -2.12. The van der Waals surface area contributed by atoms with Crippen LogP contribution in [-0.2, 0) is 0 Å². The van der Waals surface area contributed by atoms with Gasteiger partial charge in [0.05, 0.1) is 0 Å². The molecule has 0 heterocycles. The molecule has 0 spiro atoms. The fourth-order valence-electron chi connectivity index (χ4n) is 3.02. The van der Waals surface area contributed by atoms with Crippen LogP contribution in [0.15, 0.2) is 77.9 Å². The van der Waals surface area contributed by atoms with E-state index in [1.54, 1.807) is 5.57 Å². The predicted molar refractivity (Wildman–Crippen MR) is 77.5 cm³/mol. The smallest absolute Gasteiger partial charge is 0.0133 e. The van der Waals surface area contributed by atoms with Crippen molar-refractivity contribution in [2.45, 2.75) is 25.2 Å². The molecule has 0 nitrogen and oxygen atoms in total. The number of benzene rings is 1. The summed E-state index contributed by atoms with van der Waals surface area (Å²) in [6, 6.07) is 10.9. The molecule has 1 aromatic rings. The number of hydrogen-bond acceptors (Lipinski definition) is 0. The second-order valence-corrected chi connectivity index (χ2v) is 4.99. The van der Waals surface area contributed by atoms with E-state index >= 15 is 0 Å². The molecule has 1 atom stereocenters. The quantitative estimate of drug-likeness (QED) is 0.648. The zero-order valence-corrected chi connectivity index (χ0v) is 10.6. The molecule has 1 aromatic carbocycles.